The molecule has 198 valence electrons. The van der Waals surface area contributed by atoms with Crippen LogP contribution in [-0.2, 0) is 10.2 Å². The maximum atomic E-state index is 13.4. The molecule has 1 aromatic heterocycles. The molecule has 1 aromatic carbocycles. The van der Waals surface area contributed by atoms with Gasteiger partial charge in [-0.15, -0.1) is 0 Å². The predicted molar refractivity (Wildman–Crippen MR) is 143 cm³/mol. The van der Waals surface area contributed by atoms with Crippen LogP contribution in [0.5, 0.6) is 5.75 Å². The van der Waals surface area contributed by atoms with E-state index in [-0.39, 0.29) is 37.8 Å². The molecule has 0 radical (unpaired) electrons. The van der Waals surface area contributed by atoms with Crippen LogP contribution in [0.4, 0.5) is 5.82 Å². The summed E-state index contributed by atoms with van der Waals surface area (Å²) in [7, 11) is -4.02. The lowest BCUT2D eigenvalue weighted by molar-refractivity contribution is 0.0979. The molecule has 9 nitrogen and oxygen atoms in total. The van der Waals surface area contributed by atoms with E-state index in [4.69, 9.17) is 15.5 Å². The van der Waals surface area contributed by atoms with Crippen LogP contribution in [-0.4, -0.2) is 60.9 Å². The van der Waals surface area contributed by atoms with Gasteiger partial charge in [0.05, 0.1) is 17.4 Å². The monoisotopic (exact) mass is 517 g/mol. The highest BCUT2D eigenvalue weighted by atomic mass is 32.2. The van der Waals surface area contributed by atoms with Crippen molar-refractivity contribution in [1.82, 2.24) is 14.0 Å². The number of rotatable bonds is 7. The Balaban J connectivity index is 0.00000380. The van der Waals surface area contributed by atoms with Gasteiger partial charge in [-0.05, 0) is 70.7 Å². The van der Waals surface area contributed by atoms with Gasteiger partial charge in [0.25, 0.3) is 5.91 Å². The van der Waals surface area contributed by atoms with Crippen LogP contribution in [0.15, 0.2) is 36.4 Å². The Hall–Kier alpha value is -2.69. The molecule has 0 spiro atoms. The number of para-hydroxylation sites is 1. The van der Waals surface area contributed by atoms with E-state index in [0.29, 0.717) is 36.1 Å². The second-order valence-electron chi connectivity index (χ2n) is 10.8. The minimum absolute atomic E-state index is 0. The number of hydrogen-bond acceptors (Lipinski definition) is 7. The van der Waals surface area contributed by atoms with Crippen LogP contribution >= 0.6 is 0 Å². The first kappa shape index (κ1) is 26.4. The Morgan fingerprint density at radius 1 is 1.22 bits per heavy atom. The second kappa shape index (κ2) is 9.99. The molecule has 2 fully saturated rings. The average molecular weight is 518 g/mol. The molecule has 1 amide bonds. The van der Waals surface area contributed by atoms with E-state index in [1.807, 2.05) is 38.1 Å². The normalized spacial score (nSPS) is 22.2. The van der Waals surface area contributed by atoms with Gasteiger partial charge in [0, 0.05) is 38.2 Å². The number of ether oxygens (including phenoxy) is 1. The summed E-state index contributed by atoms with van der Waals surface area (Å²) < 4.78 is 35.3. The van der Waals surface area contributed by atoms with Crippen molar-refractivity contribution in [2.45, 2.75) is 65.1 Å². The Morgan fingerprint density at radius 3 is 2.56 bits per heavy atom. The fourth-order valence-electron chi connectivity index (χ4n) is 5.18. The number of hydrogen-bond donors (Lipinski definition) is 2. The number of carbonyl (C=O) groups excluding carboxylic acids is 1. The lowest BCUT2D eigenvalue weighted by atomic mass is 9.97. The number of anilines is 1. The van der Waals surface area contributed by atoms with Gasteiger partial charge < -0.3 is 15.4 Å². The Labute approximate surface area is 215 Å². The molecular formula is C26H39N5O4S. The third-order valence-electron chi connectivity index (χ3n) is 6.72. The van der Waals surface area contributed by atoms with Gasteiger partial charge >= 0.3 is 10.2 Å². The quantitative estimate of drug-likeness (QED) is 0.578. The van der Waals surface area contributed by atoms with Crippen molar-refractivity contribution in [3.8, 4) is 17.0 Å². The Morgan fingerprint density at radius 2 is 1.94 bits per heavy atom. The number of nitrogens with two attached hydrogens (primary N) is 1. The number of aromatic nitrogens is 1. The van der Waals surface area contributed by atoms with Crippen LogP contribution in [0.1, 0.15) is 59.2 Å². The molecule has 10 heteroatoms. The van der Waals surface area contributed by atoms with Crippen LogP contribution in [0.3, 0.4) is 0 Å². The maximum absolute atomic E-state index is 13.4. The molecule has 2 aliphatic rings. The zero-order valence-electron chi connectivity index (χ0n) is 21.7. The van der Waals surface area contributed by atoms with Crippen LogP contribution in [0, 0.1) is 5.92 Å². The number of pyridine rings is 1. The van der Waals surface area contributed by atoms with Crippen LogP contribution < -0.4 is 20.1 Å². The third kappa shape index (κ3) is 5.50. The summed E-state index contributed by atoms with van der Waals surface area (Å²) in [5, 5.41) is 0. The third-order valence-corrected chi connectivity index (χ3v) is 8.18. The van der Waals surface area contributed by atoms with Crippen molar-refractivity contribution in [2.24, 2.45) is 11.7 Å². The van der Waals surface area contributed by atoms with Crippen molar-refractivity contribution >= 4 is 21.9 Å². The predicted octanol–water partition coefficient (Wildman–Crippen LogP) is 3.41. The van der Waals surface area contributed by atoms with Gasteiger partial charge in [-0.25, -0.2) is 9.71 Å². The van der Waals surface area contributed by atoms with Crippen molar-refractivity contribution in [1.29, 1.82) is 0 Å². The van der Waals surface area contributed by atoms with E-state index in [2.05, 4.69) is 30.4 Å². The first-order chi connectivity index (χ1) is 16.9. The number of nitrogens with zero attached hydrogens (tertiary/aromatic N) is 3. The minimum Gasteiger partial charge on any atom is -0.490 e. The van der Waals surface area contributed by atoms with E-state index in [9.17, 15) is 13.2 Å². The van der Waals surface area contributed by atoms with Crippen LogP contribution in [0.25, 0.3) is 11.3 Å². The summed E-state index contributed by atoms with van der Waals surface area (Å²) in [6.45, 7) is 11.5. The summed E-state index contributed by atoms with van der Waals surface area (Å²) in [6.07, 6.45) is 1.48. The molecule has 2 saturated heterocycles. The van der Waals surface area contributed by atoms with Gasteiger partial charge in [0.1, 0.15) is 11.6 Å². The summed E-state index contributed by atoms with van der Waals surface area (Å²) in [6, 6.07) is 10.8. The molecular weight excluding hydrogens is 478 g/mol. The minimum atomic E-state index is -4.02. The number of nitrogens with one attached hydrogen (secondary N) is 1. The first-order valence-electron chi connectivity index (χ1n) is 12.5. The SMILES string of the molecule is CC(C)Oc1ccccc1-c1ccc(C(=O)NS(=O)(=O)N2CC[C@H](N)C2)c(N2C[C@@H](C)CC2(C)C)n1.[HH]. The lowest BCUT2D eigenvalue weighted by Gasteiger charge is -2.34. The van der Waals surface area contributed by atoms with Crippen molar-refractivity contribution in [2.75, 3.05) is 24.5 Å². The van der Waals surface area contributed by atoms with E-state index in [1.165, 1.54) is 4.31 Å². The standard InChI is InChI=1S/C26H37N5O4S.H2/c1-17(2)35-23-9-7-6-8-20(23)22-11-10-21(24(28-22)31-15-18(3)14-26(31,4)5)25(32)29-36(33,34)30-13-12-19(27)16-30;/h6-11,17-19H,12-16,27H2,1-5H3,(H,29,32);1H/t18-,19-;/m0./s1. The van der Waals surface area contributed by atoms with Crippen molar-refractivity contribution in [3.63, 3.8) is 0 Å². The largest absolute Gasteiger partial charge is 0.490 e. The molecule has 36 heavy (non-hydrogen) atoms. The summed E-state index contributed by atoms with van der Waals surface area (Å²) >= 11 is 0. The molecule has 0 saturated carbocycles. The van der Waals surface area contributed by atoms with Crippen molar-refractivity contribution < 1.29 is 19.4 Å². The summed E-state index contributed by atoms with van der Waals surface area (Å²) in [5.74, 6) is 0.858. The van der Waals surface area contributed by atoms with E-state index in [0.717, 1.165) is 12.0 Å². The van der Waals surface area contributed by atoms with Gasteiger partial charge in [-0.3, -0.25) is 4.79 Å². The first-order valence-corrected chi connectivity index (χ1v) is 13.9. The molecule has 2 aliphatic heterocycles. The molecule has 2 aromatic rings. The highest BCUT2D eigenvalue weighted by Crippen LogP contribution is 2.39. The fraction of sp³-hybridized carbons (Fsp3) is 0.538. The smallest absolute Gasteiger partial charge is 0.304 e. The van der Waals surface area contributed by atoms with E-state index >= 15 is 0 Å². The number of carbonyl (C=O) groups is 1. The molecule has 3 heterocycles. The zero-order valence-corrected chi connectivity index (χ0v) is 22.5. The van der Waals surface area contributed by atoms with E-state index in [1.54, 1.807) is 12.1 Å². The van der Waals surface area contributed by atoms with E-state index < -0.39 is 16.1 Å². The topological polar surface area (TPSA) is 118 Å². The highest BCUT2D eigenvalue weighted by Gasteiger charge is 2.40. The lowest BCUT2D eigenvalue weighted by Crippen LogP contribution is -2.44. The zero-order chi connectivity index (χ0) is 26.3. The van der Waals surface area contributed by atoms with Gasteiger partial charge in [-0.2, -0.15) is 12.7 Å². The van der Waals surface area contributed by atoms with Gasteiger partial charge in [0.2, 0.25) is 0 Å². The maximum Gasteiger partial charge on any atom is 0.304 e. The van der Waals surface area contributed by atoms with Crippen LogP contribution in [0.2, 0.25) is 0 Å². The number of benzene rings is 1. The molecule has 4 rings (SSSR count). The van der Waals surface area contributed by atoms with Crippen molar-refractivity contribution in [3.05, 3.63) is 42.0 Å². The Bertz CT molecular complexity index is 1240. The molecule has 0 unspecified atom stereocenters. The number of amides is 1. The van der Waals surface area contributed by atoms with Gasteiger partial charge in [0.15, 0.2) is 0 Å². The summed E-state index contributed by atoms with van der Waals surface area (Å²) in [5.41, 5.74) is 7.31. The summed E-state index contributed by atoms with van der Waals surface area (Å²) in [4.78, 5) is 20.4. The second-order valence-corrected chi connectivity index (χ2v) is 12.5. The molecule has 0 bridgehead atoms. The average Bonchev–Trinajstić information content (AvgIpc) is 3.35. The van der Waals surface area contributed by atoms with Gasteiger partial charge in [-0.1, -0.05) is 19.1 Å². The molecule has 0 aliphatic carbocycles. The highest BCUT2D eigenvalue weighted by molar-refractivity contribution is 7.87. The molecule has 2 atom stereocenters. The fourth-order valence-corrected chi connectivity index (χ4v) is 6.39. The molecule has 3 N–H and O–H groups in total. The Kier molecular flexibility index (Phi) is 7.32.